The molecule has 4 heteroatoms. The lowest BCUT2D eigenvalue weighted by Gasteiger charge is -2.14. The zero-order chi connectivity index (χ0) is 8.43. The summed E-state index contributed by atoms with van der Waals surface area (Å²) in [7, 11) is 0. The second-order valence-corrected chi connectivity index (χ2v) is 3.11. The molecule has 0 amide bonds. The molecule has 1 aromatic heterocycles. The van der Waals surface area contributed by atoms with E-state index in [0.29, 0.717) is 17.8 Å². The van der Waals surface area contributed by atoms with Gasteiger partial charge in [-0.2, -0.15) is 0 Å². The summed E-state index contributed by atoms with van der Waals surface area (Å²) in [6.07, 6.45) is 1.75. The maximum atomic E-state index is 5.42. The van der Waals surface area contributed by atoms with Crippen molar-refractivity contribution in [3.05, 3.63) is 6.20 Å². The van der Waals surface area contributed by atoms with Gasteiger partial charge in [-0.3, -0.25) is 0 Å². The maximum absolute atomic E-state index is 5.42. The maximum Gasteiger partial charge on any atom is 0.165 e. The van der Waals surface area contributed by atoms with Gasteiger partial charge >= 0.3 is 0 Å². The molecule has 4 nitrogen and oxygen atoms in total. The van der Waals surface area contributed by atoms with Crippen LogP contribution in [0.3, 0.4) is 0 Å². The molecule has 0 aromatic carbocycles. The molecule has 0 saturated carbocycles. The minimum atomic E-state index is 0.361. The first kappa shape index (κ1) is 8.04. The summed E-state index contributed by atoms with van der Waals surface area (Å²) in [5.41, 5.74) is 5.42. The van der Waals surface area contributed by atoms with E-state index < -0.39 is 0 Å². The van der Waals surface area contributed by atoms with Crippen LogP contribution in [0.25, 0.3) is 0 Å². The third kappa shape index (κ3) is 1.69. The second-order valence-electron chi connectivity index (χ2n) is 3.11. The molecule has 0 saturated heterocycles. The Hall–Kier alpha value is -1.06. The first-order chi connectivity index (χ1) is 5.11. The molecule has 1 rings (SSSR count). The number of rotatable bonds is 2. The van der Waals surface area contributed by atoms with Gasteiger partial charge in [0, 0.05) is 0 Å². The third-order valence-electron chi connectivity index (χ3n) is 1.91. The van der Waals surface area contributed by atoms with Crippen LogP contribution in [0.4, 0.5) is 5.82 Å². The third-order valence-corrected chi connectivity index (χ3v) is 1.91. The van der Waals surface area contributed by atoms with E-state index in [2.05, 4.69) is 31.1 Å². The monoisotopic (exact) mass is 154 g/mol. The van der Waals surface area contributed by atoms with Crippen molar-refractivity contribution in [2.45, 2.75) is 26.8 Å². The van der Waals surface area contributed by atoms with Crippen LogP contribution < -0.4 is 5.73 Å². The van der Waals surface area contributed by atoms with E-state index >= 15 is 0 Å². The molecular weight excluding hydrogens is 140 g/mol. The first-order valence-corrected chi connectivity index (χ1v) is 3.78. The summed E-state index contributed by atoms with van der Waals surface area (Å²) in [4.78, 5) is 0. The lowest BCUT2D eigenvalue weighted by Crippen LogP contribution is -2.11. The summed E-state index contributed by atoms with van der Waals surface area (Å²) in [6, 6.07) is 0.361. The van der Waals surface area contributed by atoms with Crippen molar-refractivity contribution in [2.24, 2.45) is 5.92 Å². The molecule has 62 valence electrons. The van der Waals surface area contributed by atoms with Crippen LogP contribution >= 0.6 is 0 Å². The number of nitrogens with two attached hydrogens (primary N) is 1. The molecule has 0 bridgehead atoms. The van der Waals surface area contributed by atoms with Gasteiger partial charge in [-0.1, -0.05) is 19.1 Å². The Kier molecular flexibility index (Phi) is 2.12. The fourth-order valence-electron chi connectivity index (χ4n) is 0.795. The first-order valence-electron chi connectivity index (χ1n) is 3.78. The quantitative estimate of drug-likeness (QED) is 0.693. The van der Waals surface area contributed by atoms with Crippen LogP contribution in [0.2, 0.25) is 0 Å². The average molecular weight is 154 g/mol. The number of nitrogen functional groups attached to an aromatic ring is 1. The smallest absolute Gasteiger partial charge is 0.165 e. The Morgan fingerprint density at radius 1 is 1.45 bits per heavy atom. The van der Waals surface area contributed by atoms with Crippen molar-refractivity contribution < 1.29 is 0 Å². The summed E-state index contributed by atoms with van der Waals surface area (Å²) < 4.78 is 1.79. The van der Waals surface area contributed by atoms with Crippen molar-refractivity contribution in [1.82, 2.24) is 15.0 Å². The molecule has 0 radical (unpaired) electrons. The van der Waals surface area contributed by atoms with Crippen LogP contribution in [-0.4, -0.2) is 15.0 Å². The van der Waals surface area contributed by atoms with Crippen molar-refractivity contribution in [3.8, 4) is 0 Å². The fraction of sp³-hybridized carbons (Fsp3) is 0.714. The second kappa shape index (κ2) is 2.90. The van der Waals surface area contributed by atoms with E-state index in [0.717, 1.165) is 0 Å². The minimum Gasteiger partial charge on any atom is -0.381 e. The Morgan fingerprint density at radius 2 is 2.09 bits per heavy atom. The normalized spacial score (nSPS) is 13.8. The molecule has 11 heavy (non-hydrogen) atoms. The van der Waals surface area contributed by atoms with E-state index in [9.17, 15) is 0 Å². The molecule has 1 heterocycles. The summed E-state index contributed by atoms with van der Waals surface area (Å²) >= 11 is 0. The van der Waals surface area contributed by atoms with Crippen LogP contribution in [-0.2, 0) is 0 Å². The SMILES string of the molecule is CC(C)C(C)n1cc(N)nn1. The van der Waals surface area contributed by atoms with Gasteiger partial charge in [0.2, 0.25) is 0 Å². The number of aromatic nitrogens is 3. The van der Waals surface area contributed by atoms with Gasteiger partial charge < -0.3 is 5.73 Å². The van der Waals surface area contributed by atoms with Crippen LogP contribution in [0.5, 0.6) is 0 Å². The van der Waals surface area contributed by atoms with E-state index in [1.54, 1.807) is 10.9 Å². The molecule has 0 aliphatic heterocycles. The van der Waals surface area contributed by atoms with Crippen molar-refractivity contribution in [3.63, 3.8) is 0 Å². The lowest BCUT2D eigenvalue weighted by molar-refractivity contribution is 0.368. The zero-order valence-electron chi connectivity index (χ0n) is 7.15. The summed E-state index contributed by atoms with van der Waals surface area (Å²) in [6.45, 7) is 6.38. The zero-order valence-corrected chi connectivity index (χ0v) is 7.15. The van der Waals surface area contributed by atoms with E-state index in [1.165, 1.54) is 0 Å². The van der Waals surface area contributed by atoms with E-state index in [-0.39, 0.29) is 0 Å². The predicted molar refractivity (Wildman–Crippen MR) is 44.0 cm³/mol. The lowest BCUT2D eigenvalue weighted by atomic mass is 10.1. The van der Waals surface area contributed by atoms with Gasteiger partial charge in [-0.15, -0.1) is 5.10 Å². The van der Waals surface area contributed by atoms with Gasteiger partial charge in [0.25, 0.3) is 0 Å². The fourth-order valence-corrected chi connectivity index (χ4v) is 0.795. The van der Waals surface area contributed by atoms with Crippen LogP contribution in [0.1, 0.15) is 26.8 Å². The van der Waals surface area contributed by atoms with E-state index in [4.69, 9.17) is 5.73 Å². The molecular formula is C7H14N4. The molecule has 1 unspecified atom stereocenters. The Labute approximate surface area is 66.4 Å². The Balaban J connectivity index is 2.76. The molecule has 1 aromatic rings. The molecule has 2 N–H and O–H groups in total. The Bertz CT molecular complexity index is 228. The average Bonchev–Trinajstić information content (AvgIpc) is 2.34. The molecule has 1 atom stereocenters. The van der Waals surface area contributed by atoms with Crippen LogP contribution in [0, 0.1) is 5.92 Å². The summed E-state index contributed by atoms with van der Waals surface area (Å²) in [5.74, 6) is 1.04. The number of hydrogen-bond donors (Lipinski definition) is 1. The van der Waals surface area contributed by atoms with Gasteiger partial charge in [-0.05, 0) is 12.8 Å². The molecule has 0 aliphatic carbocycles. The van der Waals surface area contributed by atoms with Gasteiger partial charge in [-0.25, -0.2) is 4.68 Å². The predicted octanol–water partition coefficient (Wildman–Crippen LogP) is 1.08. The number of hydrogen-bond acceptors (Lipinski definition) is 3. The van der Waals surface area contributed by atoms with Crippen molar-refractivity contribution in [1.29, 1.82) is 0 Å². The van der Waals surface area contributed by atoms with Gasteiger partial charge in [0.05, 0.1) is 12.2 Å². The highest BCUT2D eigenvalue weighted by Crippen LogP contribution is 2.15. The van der Waals surface area contributed by atoms with Crippen molar-refractivity contribution >= 4 is 5.82 Å². The Morgan fingerprint density at radius 3 is 2.45 bits per heavy atom. The van der Waals surface area contributed by atoms with Crippen molar-refractivity contribution in [2.75, 3.05) is 5.73 Å². The highest BCUT2D eigenvalue weighted by Gasteiger charge is 2.09. The topological polar surface area (TPSA) is 56.7 Å². The standard InChI is InChI=1S/C7H14N4/c1-5(2)6(3)11-4-7(8)9-10-11/h4-6H,8H2,1-3H3. The number of nitrogens with zero attached hydrogens (tertiary/aromatic N) is 3. The van der Waals surface area contributed by atoms with Gasteiger partial charge in [0.15, 0.2) is 5.82 Å². The van der Waals surface area contributed by atoms with Crippen LogP contribution in [0.15, 0.2) is 6.20 Å². The molecule has 0 spiro atoms. The molecule has 0 fully saturated rings. The van der Waals surface area contributed by atoms with E-state index in [1.807, 2.05) is 0 Å². The highest BCUT2D eigenvalue weighted by molar-refractivity contribution is 5.20. The molecule has 0 aliphatic rings. The van der Waals surface area contributed by atoms with Gasteiger partial charge in [0.1, 0.15) is 0 Å². The highest BCUT2D eigenvalue weighted by atomic mass is 15.4. The number of anilines is 1. The largest absolute Gasteiger partial charge is 0.381 e. The minimum absolute atomic E-state index is 0.361. The summed E-state index contributed by atoms with van der Waals surface area (Å²) in [5, 5.41) is 7.59.